The molecular weight excluding hydrogens is 246 g/mol. The topological polar surface area (TPSA) is 102 Å². The number of nitro benzene ring substituents is 1. The summed E-state index contributed by atoms with van der Waals surface area (Å²) in [6, 6.07) is 6.13. The Hall–Kier alpha value is -2.13. The molecule has 1 aromatic rings. The smallest absolute Gasteiger partial charge is 0.312 e. The number of benzene rings is 1. The van der Waals surface area contributed by atoms with Crippen LogP contribution in [-0.2, 0) is 0 Å². The highest BCUT2D eigenvalue weighted by Crippen LogP contribution is 2.34. The number of ether oxygens (including phenoxy) is 1. The van der Waals surface area contributed by atoms with E-state index in [0.717, 1.165) is 19.3 Å². The van der Waals surface area contributed by atoms with Gasteiger partial charge < -0.3 is 10.5 Å². The van der Waals surface area contributed by atoms with E-state index >= 15 is 0 Å². The van der Waals surface area contributed by atoms with Crippen LogP contribution in [0.5, 0.6) is 5.75 Å². The lowest BCUT2D eigenvalue weighted by Gasteiger charge is -2.19. The van der Waals surface area contributed by atoms with Crippen molar-refractivity contribution in [2.24, 2.45) is 11.7 Å². The summed E-state index contributed by atoms with van der Waals surface area (Å²) >= 11 is 0. The first-order valence-corrected chi connectivity index (χ1v) is 6.21. The molecule has 0 radical (unpaired) electrons. The van der Waals surface area contributed by atoms with Crippen molar-refractivity contribution in [3.05, 3.63) is 33.9 Å². The fourth-order valence-corrected chi connectivity index (χ4v) is 2.42. The van der Waals surface area contributed by atoms with Crippen molar-refractivity contribution in [2.45, 2.75) is 25.4 Å². The van der Waals surface area contributed by atoms with Crippen LogP contribution < -0.4 is 10.5 Å². The van der Waals surface area contributed by atoms with Gasteiger partial charge in [-0.05, 0) is 37.9 Å². The second-order valence-corrected chi connectivity index (χ2v) is 4.63. The molecule has 1 aromatic carbocycles. The molecule has 2 rings (SSSR count). The van der Waals surface area contributed by atoms with Gasteiger partial charge in [0, 0.05) is 12.0 Å². The van der Waals surface area contributed by atoms with Crippen LogP contribution in [0.2, 0.25) is 0 Å². The Morgan fingerprint density at radius 3 is 2.95 bits per heavy atom. The first kappa shape index (κ1) is 13.3. The maximum Gasteiger partial charge on any atom is 0.312 e. The van der Waals surface area contributed by atoms with E-state index < -0.39 is 4.92 Å². The fourth-order valence-electron chi connectivity index (χ4n) is 2.42. The largest absolute Gasteiger partial charge is 0.483 e. The van der Waals surface area contributed by atoms with Gasteiger partial charge in [0.15, 0.2) is 5.75 Å². The molecule has 0 heterocycles. The Labute approximate surface area is 110 Å². The first-order chi connectivity index (χ1) is 9.15. The molecule has 2 N–H and O–H groups in total. The second kappa shape index (κ2) is 5.67. The van der Waals surface area contributed by atoms with E-state index in [0.29, 0.717) is 6.54 Å². The molecule has 2 unspecified atom stereocenters. The minimum Gasteiger partial charge on any atom is -0.483 e. The molecule has 6 heteroatoms. The SMILES string of the molecule is N#Cc1ccc(OC2CCCC2CN)c([N+](=O)[O-])c1. The number of rotatable bonds is 4. The predicted octanol–water partition coefficient (Wildman–Crippen LogP) is 1.97. The number of nitrogens with zero attached hydrogens (tertiary/aromatic N) is 2. The van der Waals surface area contributed by atoms with Gasteiger partial charge in [-0.15, -0.1) is 0 Å². The summed E-state index contributed by atoms with van der Waals surface area (Å²) in [7, 11) is 0. The zero-order chi connectivity index (χ0) is 13.8. The van der Waals surface area contributed by atoms with E-state index in [1.807, 2.05) is 6.07 Å². The summed E-state index contributed by atoms with van der Waals surface area (Å²) in [4.78, 5) is 10.5. The molecule has 0 saturated heterocycles. The molecule has 100 valence electrons. The Balaban J connectivity index is 2.25. The van der Waals surface area contributed by atoms with Crippen molar-refractivity contribution >= 4 is 5.69 Å². The van der Waals surface area contributed by atoms with E-state index in [1.165, 1.54) is 18.2 Å². The summed E-state index contributed by atoms with van der Waals surface area (Å²) in [6.45, 7) is 0.523. The molecule has 0 aliphatic heterocycles. The van der Waals surface area contributed by atoms with Crippen molar-refractivity contribution in [1.29, 1.82) is 5.26 Å². The normalized spacial score (nSPS) is 21.9. The minimum atomic E-state index is -0.525. The highest BCUT2D eigenvalue weighted by atomic mass is 16.6. The summed E-state index contributed by atoms with van der Waals surface area (Å²) in [5.74, 6) is 0.463. The van der Waals surface area contributed by atoms with Crippen LogP contribution in [0, 0.1) is 27.4 Å². The summed E-state index contributed by atoms with van der Waals surface area (Å²) in [6.07, 6.45) is 2.80. The lowest BCUT2D eigenvalue weighted by atomic mass is 10.1. The van der Waals surface area contributed by atoms with Crippen LogP contribution in [-0.4, -0.2) is 17.6 Å². The van der Waals surface area contributed by atoms with Crippen molar-refractivity contribution in [3.63, 3.8) is 0 Å². The highest BCUT2D eigenvalue weighted by Gasteiger charge is 2.30. The second-order valence-electron chi connectivity index (χ2n) is 4.63. The third kappa shape index (κ3) is 2.83. The van der Waals surface area contributed by atoms with Gasteiger partial charge >= 0.3 is 5.69 Å². The van der Waals surface area contributed by atoms with Crippen LogP contribution in [0.3, 0.4) is 0 Å². The molecule has 0 aromatic heterocycles. The van der Waals surface area contributed by atoms with Gasteiger partial charge in [-0.2, -0.15) is 5.26 Å². The van der Waals surface area contributed by atoms with Crippen LogP contribution in [0.1, 0.15) is 24.8 Å². The van der Waals surface area contributed by atoms with Gasteiger partial charge in [0.1, 0.15) is 6.10 Å². The highest BCUT2D eigenvalue weighted by molar-refractivity contribution is 5.51. The molecule has 6 nitrogen and oxygen atoms in total. The molecule has 1 saturated carbocycles. The predicted molar refractivity (Wildman–Crippen MR) is 68.6 cm³/mol. The zero-order valence-electron chi connectivity index (χ0n) is 10.4. The molecule has 0 spiro atoms. The summed E-state index contributed by atoms with van der Waals surface area (Å²) in [5, 5.41) is 19.8. The standard InChI is InChI=1S/C13H15N3O3/c14-7-9-4-5-13(11(6-9)16(17)18)19-12-3-1-2-10(12)8-15/h4-6,10,12H,1-3,8,15H2. The van der Waals surface area contributed by atoms with E-state index in [9.17, 15) is 10.1 Å². The van der Waals surface area contributed by atoms with Crippen LogP contribution >= 0.6 is 0 Å². The zero-order valence-corrected chi connectivity index (χ0v) is 10.4. The quantitative estimate of drug-likeness (QED) is 0.659. The maximum absolute atomic E-state index is 11.0. The van der Waals surface area contributed by atoms with Crippen molar-refractivity contribution in [1.82, 2.24) is 0 Å². The molecule has 0 amide bonds. The molecule has 0 bridgehead atoms. The lowest BCUT2D eigenvalue weighted by molar-refractivity contribution is -0.386. The van der Waals surface area contributed by atoms with Gasteiger partial charge in [0.2, 0.25) is 0 Å². The average Bonchev–Trinajstić information content (AvgIpc) is 2.86. The number of nitro groups is 1. The monoisotopic (exact) mass is 261 g/mol. The fraction of sp³-hybridized carbons (Fsp3) is 0.462. The Morgan fingerprint density at radius 1 is 1.53 bits per heavy atom. The molecule has 1 fully saturated rings. The third-order valence-corrected chi connectivity index (χ3v) is 3.46. The van der Waals surface area contributed by atoms with Gasteiger partial charge in [0.05, 0.1) is 16.6 Å². The van der Waals surface area contributed by atoms with E-state index in [-0.39, 0.29) is 29.0 Å². The summed E-state index contributed by atoms with van der Waals surface area (Å²) < 4.78 is 5.74. The van der Waals surface area contributed by atoms with Gasteiger partial charge in [-0.25, -0.2) is 0 Å². The van der Waals surface area contributed by atoms with E-state index in [4.69, 9.17) is 15.7 Å². The summed E-state index contributed by atoms with van der Waals surface area (Å²) in [5.41, 5.74) is 5.75. The van der Waals surface area contributed by atoms with Crippen molar-refractivity contribution < 1.29 is 9.66 Å². The Bertz CT molecular complexity index is 524. The van der Waals surface area contributed by atoms with Crippen molar-refractivity contribution in [2.75, 3.05) is 6.54 Å². The third-order valence-electron chi connectivity index (χ3n) is 3.46. The van der Waals surface area contributed by atoms with Gasteiger partial charge in [-0.3, -0.25) is 10.1 Å². The average molecular weight is 261 g/mol. The first-order valence-electron chi connectivity index (χ1n) is 6.21. The van der Waals surface area contributed by atoms with E-state index in [1.54, 1.807) is 0 Å². The van der Waals surface area contributed by atoms with Gasteiger partial charge in [-0.1, -0.05) is 0 Å². The van der Waals surface area contributed by atoms with Crippen LogP contribution in [0.4, 0.5) is 5.69 Å². The lowest BCUT2D eigenvalue weighted by Crippen LogP contribution is -2.27. The minimum absolute atomic E-state index is 0.0726. The molecule has 2 atom stereocenters. The Morgan fingerprint density at radius 2 is 2.32 bits per heavy atom. The van der Waals surface area contributed by atoms with Gasteiger partial charge in [0.25, 0.3) is 0 Å². The Kier molecular flexibility index (Phi) is 3.97. The molecular formula is C13H15N3O3. The van der Waals surface area contributed by atoms with Crippen LogP contribution in [0.25, 0.3) is 0 Å². The number of nitriles is 1. The number of nitrogens with two attached hydrogens (primary N) is 1. The maximum atomic E-state index is 11.0. The number of hydrogen-bond donors (Lipinski definition) is 1. The molecule has 1 aliphatic rings. The van der Waals surface area contributed by atoms with Crippen LogP contribution in [0.15, 0.2) is 18.2 Å². The number of hydrogen-bond acceptors (Lipinski definition) is 5. The van der Waals surface area contributed by atoms with E-state index in [2.05, 4.69) is 0 Å². The van der Waals surface area contributed by atoms with Crippen molar-refractivity contribution in [3.8, 4) is 11.8 Å². The molecule has 19 heavy (non-hydrogen) atoms. The molecule has 1 aliphatic carbocycles.